The normalized spacial score (nSPS) is 11.5. The molecule has 2 aromatic carbocycles. The number of thioether (sulfide) groups is 1. The van der Waals surface area contributed by atoms with E-state index >= 15 is 0 Å². The third kappa shape index (κ3) is 3.51. The number of aryl methyl sites for hydroxylation is 1. The lowest BCUT2D eigenvalue weighted by molar-refractivity contribution is 0.318. The maximum absolute atomic E-state index is 8.99. The van der Waals surface area contributed by atoms with Crippen LogP contribution in [0, 0.1) is 6.92 Å². The third-order valence-corrected chi connectivity index (χ3v) is 4.22. The van der Waals surface area contributed by atoms with Crippen molar-refractivity contribution in [1.29, 1.82) is 0 Å². The van der Waals surface area contributed by atoms with Crippen LogP contribution >= 0.6 is 27.7 Å². The lowest BCUT2D eigenvalue weighted by Crippen LogP contribution is -2.15. The van der Waals surface area contributed by atoms with E-state index in [9.17, 15) is 0 Å². The zero-order chi connectivity index (χ0) is 15.4. The van der Waals surface area contributed by atoms with Crippen LogP contribution in [0.25, 0.3) is 0 Å². The SMILES string of the molecule is CSc1cccc(Oc2cc(Br)ccc2C)c1/C(N)=N/O. The van der Waals surface area contributed by atoms with Crippen molar-refractivity contribution < 1.29 is 9.94 Å². The molecule has 6 heteroatoms. The highest BCUT2D eigenvalue weighted by atomic mass is 79.9. The van der Waals surface area contributed by atoms with E-state index in [1.54, 1.807) is 6.07 Å². The van der Waals surface area contributed by atoms with E-state index in [2.05, 4.69) is 21.1 Å². The maximum Gasteiger partial charge on any atom is 0.175 e. The molecule has 0 saturated carbocycles. The number of benzene rings is 2. The van der Waals surface area contributed by atoms with Crippen LogP contribution in [0.4, 0.5) is 0 Å². The number of halogens is 1. The lowest BCUT2D eigenvalue weighted by atomic mass is 10.1. The topological polar surface area (TPSA) is 67.8 Å². The Bertz CT molecular complexity index is 689. The van der Waals surface area contributed by atoms with Gasteiger partial charge in [-0.05, 0) is 43.0 Å². The van der Waals surface area contributed by atoms with Gasteiger partial charge in [0.1, 0.15) is 11.5 Å². The molecule has 21 heavy (non-hydrogen) atoms. The average Bonchev–Trinajstić information content (AvgIpc) is 2.49. The Hall–Kier alpha value is -1.66. The van der Waals surface area contributed by atoms with Crippen molar-refractivity contribution in [3.8, 4) is 11.5 Å². The molecule has 3 N–H and O–H groups in total. The highest BCUT2D eigenvalue weighted by Crippen LogP contribution is 2.34. The summed E-state index contributed by atoms with van der Waals surface area (Å²) in [5.41, 5.74) is 7.38. The van der Waals surface area contributed by atoms with Crippen LogP contribution in [0.5, 0.6) is 11.5 Å². The van der Waals surface area contributed by atoms with E-state index in [1.165, 1.54) is 11.8 Å². The highest BCUT2D eigenvalue weighted by Gasteiger charge is 2.15. The zero-order valence-electron chi connectivity index (χ0n) is 11.6. The first-order chi connectivity index (χ1) is 10.1. The first-order valence-corrected chi connectivity index (χ1v) is 8.17. The largest absolute Gasteiger partial charge is 0.456 e. The van der Waals surface area contributed by atoms with E-state index in [1.807, 2.05) is 43.5 Å². The molecule has 0 aliphatic rings. The van der Waals surface area contributed by atoms with E-state index in [0.29, 0.717) is 11.3 Å². The van der Waals surface area contributed by atoms with Gasteiger partial charge in [0.15, 0.2) is 5.84 Å². The quantitative estimate of drug-likeness (QED) is 0.277. The summed E-state index contributed by atoms with van der Waals surface area (Å²) in [6, 6.07) is 11.4. The van der Waals surface area contributed by atoms with Gasteiger partial charge in [-0.15, -0.1) is 11.8 Å². The Morgan fingerprint density at radius 1 is 1.29 bits per heavy atom. The van der Waals surface area contributed by atoms with Crippen LogP contribution in [0.3, 0.4) is 0 Å². The molecule has 0 fully saturated rings. The van der Waals surface area contributed by atoms with E-state index in [4.69, 9.17) is 15.7 Å². The number of hydrogen-bond donors (Lipinski definition) is 2. The van der Waals surface area contributed by atoms with Gasteiger partial charge in [-0.3, -0.25) is 0 Å². The molecule has 4 nitrogen and oxygen atoms in total. The van der Waals surface area contributed by atoms with Gasteiger partial charge in [-0.25, -0.2) is 0 Å². The van der Waals surface area contributed by atoms with Crippen molar-refractivity contribution in [2.24, 2.45) is 10.9 Å². The van der Waals surface area contributed by atoms with Crippen molar-refractivity contribution in [2.45, 2.75) is 11.8 Å². The predicted molar refractivity (Wildman–Crippen MR) is 89.7 cm³/mol. The van der Waals surface area contributed by atoms with Crippen LogP contribution in [0.1, 0.15) is 11.1 Å². The van der Waals surface area contributed by atoms with E-state index in [-0.39, 0.29) is 5.84 Å². The number of oxime groups is 1. The van der Waals surface area contributed by atoms with Crippen molar-refractivity contribution in [3.05, 3.63) is 52.0 Å². The Morgan fingerprint density at radius 3 is 2.71 bits per heavy atom. The molecule has 110 valence electrons. The molecule has 0 unspecified atom stereocenters. The van der Waals surface area contributed by atoms with Gasteiger partial charge in [-0.1, -0.05) is 33.2 Å². The molecule has 0 amide bonds. The molecule has 0 aliphatic carbocycles. The monoisotopic (exact) mass is 366 g/mol. The van der Waals surface area contributed by atoms with Crippen molar-refractivity contribution >= 4 is 33.5 Å². The molecule has 2 rings (SSSR count). The zero-order valence-corrected chi connectivity index (χ0v) is 14.0. The molecule has 2 aromatic rings. The molecule has 0 saturated heterocycles. The molecular weight excluding hydrogens is 352 g/mol. The smallest absolute Gasteiger partial charge is 0.175 e. The van der Waals surface area contributed by atoms with Crippen LogP contribution in [0.15, 0.2) is 50.9 Å². The summed E-state index contributed by atoms with van der Waals surface area (Å²) in [6.07, 6.45) is 1.93. The second-order valence-electron chi connectivity index (χ2n) is 4.33. The highest BCUT2D eigenvalue weighted by molar-refractivity contribution is 9.10. The van der Waals surface area contributed by atoms with Crippen LogP contribution in [0.2, 0.25) is 0 Å². The van der Waals surface area contributed by atoms with Crippen molar-refractivity contribution in [3.63, 3.8) is 0 Å². The summed E-state index contributed by atoms with van der Waals surface area (Å²) < 4.78 is 6.90. The van der Waals surface area contributed by atoms with Crippen molar-refractivity contribution in [1.82, 2.24) is 0 Å². The van der Waals surface area contributed by atoms with Gasteiger partial charge >= 0.3 is 0 Å². The minimum atomic E-state index is 0.0302. The average molecular weight is 367 g/mol. The number of rotatable bonds is 4. The van der Waals surface area contributed by atoms with Gasteiger partial charge in [0.2, 0.25) is 0 Å². The molecule has 0 bridgehead atoms. The summed E-state index contributed by atoms with van der Waals surface area (Å²) in [7, 11) is 0. The summed E-state index contributed by atoms with van der Waals surface area (Å²) >= 11 is 4.94. The molecular formula is C15H15BrN2O2S. The number of nitrogens with two attached hydrogens (primary N) is 1. The first kappa shape index (κ1) is 15.7. The van der Waals surface area contributed by atoms with Crippen LogP contribution in [-0.4, -0.2) is 17.3 Å². The van der Waals surface area contributed by atoms with E-state index < -0.39 is 0 Å². The van der Waals surface area contributed by atoms with Gasteiger partial charge in [0.25, 0.3) is 0 Å². The minimum absolute atomic E-state index is 0.0302. The van der Waals surface area contributed by atoms with E-state index in [0.717, 1.165) is 20.7 Å². The maximum atomic E-state index is 8.99. The standard InChI is InChI=1S/C15H15BrN2O2S/c1-9-6-7-10(16)8-12(9)20-11-4-3-5-13(21-2)14(11)15(17)18-19/h3-8,19H,1-2H3,(H2,17,18). The molecule has 0 spiro atoms. The first-order valence-electron chi connectivity index (χ1n) is 6.15. The van der Waals surface area contributed by atoms with Crippen LogP contribution < -0.4 is 10.5 Å². The van der Waals surface area contributed by atoms with Gasteiger partial charge < -0.3 is 15.7 Å². The lowest BCUT2D eigenvalue weighted by Gasteiger charge is -2.15. The molecule has 0 radical (unpaired) electrons. The van der Waals surface area contributed by atoms with Crippen molar-refractivity contribution in [2.75, 3.05) is 6.26 Å². The Morgan fingerprint density at radius 2 is 2.05 bits per heavy atom. The molecule has 0 aliphatic heterocycles. The molecule has 0 aromatic heterocycles. The Labute approximate surface area is 136 Å². The fourth-order valence-corrected chi connectivity index (χ4v) is 2.83. The summed E-state index contributed by atoms with van der Waals surface area (Å²) in [5.74, 6) is 1.30. The number of ether oxygens (including phenoxy) is 1. The Balaban J connectivity index is 2.51. The number of hydrogen-bond acceptors (Lipinski definition) is 4. The van der Waals surface area contributed by atoms with Gasteiger partial charge in [-0.2, -0.15) is 0 Å². The van der Waals surface area contributed by atoms with Gasteiger partial charge in [0, 0.05) is 9.37 Å². The number of amidine groups is 1. The van der Waals surface area contributed by atoms with Crippen LogP contribution in [-0.2, 0) is 0 Å². The Kier molecular flexibility index (Phi) is 5.14. The molecule has 0 heterocycles. The number of nitrogens with zero attached hydrogens (tertiary/aromatic N) is 1. The van der Waals surface area contributed by atoms with Gasteiger partial charge in [0.05, 0.1) is 5.56 Å². The summed E-state index contributed by atoms with van der Waals surface area (Å²) in [6.45, 7) is 1.96. The summed E-state index contributed by atoms with van der Waals surface area (Å²) in [5, 5.41) is 12.1. The fraction of sp³-hybridized carbons (Fsp3) is 0.133. The minimum Gasteiger partial charge on any atom is -0.456 e. The summed E-state index contributed by atoms with van der Waals surface area (Å²) in [4.78, 5) is 0.885. The molecule has 0 atom stereocenters. The predicted octanol–water partition coefficient (Wildman–Crippen LogP) is 4.37. The fourth-order valence-electron chi connectivity index (χ4n) is 1.87. The third-order valence-electron chi connectivity index (χ3n) is 2.94. The second-order valence-corrected chi connectivity index (χ2v) is 6.09. The second kappa shape index (κ2) is 6.87.